The van der Waals surface area contributed by atoms with Gasteiger partial charge in [-0.15, -0.1) is 0 Å². The van der Waals surface area contributed by atoms with Crippen LogP contribution >= 0.6 is 27.5 Å². The third-order valence-electron chi connectivity index (χ3n) is 3.06. The van der Waals surface area contributed by atoms with Crippen molar-refractivity contribution in [3.05, 3.63) is 33.3 Å². The molecule has 0 saturated carbocycles. The minimum Gasteiger partial charge on any atom is -0.349 e. The fourth-order valence-electron chi connectivity index (χ4n) is 1.99. The monoisotopic (exact) mass is 345 g/mol. The molecule has 1 N–H and O–H groups in total. The topological polar surface area (TPSA) is 29.1 Å². The zero-order valence-corrected chi connectivity index (χ0v) is 13.9. The van der Waals surface area contributed by atoms with Crippen LogP contribution in [0.15, 0.2) is 22.7 Å². The molecule has 1 aromatic carbocycles. The van der Waals surface area contributed by atoms with Crippen LogP contribution in [-0.4, -0.2) is 11.9 Å². The van der Waals surface area contributed by atoms with E-state index < -0.39 is 0 Å². The molecule has 0 aliphatic carbocycles. The molecule has 0 bridgehead atoms. The molecule has 0 fully saturated rings. The fourth-order valence-corrected chi connectivity index (χ4v) is 2.42. The normalized spacial score (nSPS) is 12.2. The van der Waals surface area contributed by atoms with Gasteiger partial charge in [-0.05, 0) is 47.0 Å². The number of amides is 1. The van der Waals surface area contributed by atoms with Crippen LogP contribution in [0, 0.1) is 0 Å². The highest BCUT2D eigenvalue weighted by Crippen LogP contribution is 2.23. The molecule has 1 amide bonds. The quantitative estimate of drug-likeness (QED) is 0.723. The molecule has 0 radical (unpaired) electrons. The third kappa shape index (κ3) is 5.53. The van der Waals surface area contributed by atoms with Crippen molar-refractivity contribution in [2.24, 2.45) is 0 Å². The average Bonchev–Trinajstić information content (AvgIpc) is 2.39. The third-order valence-corrected chi connectivity index (χ3v) is 4.29. The van der Waals surface area contributed by atoms with Crippen LogP contribution in [-0.2, 0) is 0 Å². The van der Waals surface area contributed by atoms with Gasteiger partial charge in [-0.2, -0.15) is 0 Å². The lowest BCUT2D eigenvalue weighted by Crippen LogP contribution is -2.34. The van der Waals surface area contributed by atoms with Crippen molar-refractivity contribution in [3.63, 3.8) is 0 Å². The summed E-state index contributed by atoms with van der Waals surface area (Å²) in [5.41, 5.74) is 0.616. The summed E-state index contributed by atoms with van der Waals surface area (Å²) in [4.78, 5) is 12.2. The van der Waals surface area contributed by atoms with Gasteiger partial charge in [-0.25, -0.2) is 0 Å². The minimum atomic E-state index is -0.0380. The zero-order valence-electron chi connectivity index (χ0n) is 11.5. The first-order chi connectivity index (χ1) is 9.08. The number of rotatable bonds is 7. The number of carbonyl (C=O) groups excluding carboxylic acids is 1. The first-order valence-corrected chi connectivity index (χ1v) is 8.01. The second kappa shape index (κ2) is 8.60. The van der Waals surface area contributed by atoms with Crippen molar-refractivity contribution < 1.29 is 4.79 Å². The van der Waals surface area contributed by atoms with Gasteiger partial charge in [0.1, 0.15) is 0 Å². The van der Waals surface area contributed by atoms with E-state index in [9.17, 15) is 4.79 Å². The molecule has 19 heavy (non-hydrogen) atoms. The van der Waals surface area contributed by atoms with Gasteiger partial charge in [0.05, 0.1) is 5.02 Å². The lowest BCUT2D eigenvalue weighted by Gasteiger charge is -2.18. The number of hydrogen-bond acceptors (Lipinski definition) is 1. The smallest absolute Gasteiger partial charge is 0.251 e. The van der Waals surface area contributed by atoms with Crippen molar-refractivity contribution >= 4 is 33.4 Å². The van der Waals surface area contributed by atoms with E-state index in [2.05, 4.69) is 35.1 Å². The predicted octanol–water partition coefficient (Wildman–Crippen LogP) is 5.19. The SMILES string of the molecule is CCCCC(CCC)NC(=O)c1ccc(Br)c(Cl)c1. The molecule has 0 heterocycles. The van der Waals surface area contributed by atoms with E-state index >= 15 is 0 Å². The van der Waals surface area contributed by atoms with Crippen molar-refractivity contribution in [2.45, 2.75) is 52.0 Å². The Labute approximate surface area is 129 Å². The van der Waals surface area contributed by atoms with Gasteiger partial charge < -0.3 is 5.32 Å². The highest BCUT2D eigenvalue weighted by molar-refractivity contribution is 9.10. The lowest BCUT2D eigenvalue weighted by atomic mass is 10.0. The number of benzene rings is 1. The molecule has 106 valence electrons. The Morgan fingerprint density at radius 3 is 2.63 bits per heavy atom. The second-order valence-corrected chi connectivity index (χ2v) is 5.99. The van der Waals surface area contributed by atoms with Crippen LogP contribution in [0.2, 0.25) is 5.02 Å². The average molecular weight is 347 g/mol. The van der Waals surface area contributed by atoms with Gasteiger partial charge >= 0.3 is 0 Å². The van der Waals surface area contributed by atoms with Crippen LogP contribution in [0.1, 0.15) is 56.3 Å². The molecule has 0 saturated heterocycles. The van der Waals surface area contributed by atoms with E-state index in [0.29, 0.717) is 10.6 Å². The van der Waals surface area contributed by atoms with Gasteiger partial charge in [0.15, 0.2) is 0 Å². The van der Waals surface area contributed by atoms with Gasteiger partial charge in [0.25, 0.3) is 5.91 Å². The van der Waals surface area contributed by atoms with Gasteiger partial charge in [-0.1, -0.05) is 44.7 Å². The van der Waals surface area contributed by atoms with Crippen molar-refractivity contribution in [3.8, 4) is 0 Å². The molecule has 1 unspecified atom stereocenters. The highest BCUT2D eigenvalue weighted by Gasteiger charge is 2.13. The van der Waals surface area contributed by atoms with E-state index in [4.69, 9.17) is 11.6 Å². The Kier molecular flexibility index (Phi) is 7.47. The van der Waals surface area contributed by atoms with Gasteiger partial charge in [-0.3, -0.25) is 4.79 Å². The Morgan fingerprint density at radius 1 is 1.32 bits per heavy atom. The Balaban J connectivity index is 2.66. The molecule has 1 atom stereocenters. The predicted molar refractivity (Wildman–Crippen MR) is 84.8 cm³/mol. The van der Waals surface area contributed by atoms with Crippen LogP contribution in [0.5, 0.6) is 0 Å². The number of halogens is 2. The van der Waals surface area contributed by atoms with E-state index in [-0.39, 0.29) is 11.9 Å². The molecule has 0 spiro atoms. The molecular weight excluding hydrogens is 326 g/mol. The number of hydrogen-bond donors (Lipinski definition) is 1. The van der Waals surface area contributed by atoms with Crippen LogP contribution in [0.25, 0.3) is 0 Å². The second-order valence-electron chi connectivity index (χ2n) is 4.73. The van der Waals surface area contributed by atoms with Crippen LogP contribution < -0.4 is 5.32 Å². The Hall–Kier alpha value is -0.540. The van der Waals surface area contributed by atoms with E-state index in [1.165, 1.54) is 0 Å². The molecule has 2 nitrogen and oxygen atoms in total. The standard InChI is InChI=1S/C15H21BrClNO/c1-3-5-7-12(6-4-2)18-15(19)11-8-9-13(16)14(17)10-11/h8-10,12H,3-7H2,1-2H3,(H,18,19). The van der Waals surface area contributed by atoms with E-state index in [0.717, 1.165) is 36.6 Å². The number of unbranched alkanes of at least 4 members (excludes halogenated alkanes) is 1. The lowest BCUT2D eigenvalue weighted by molar-refractivity contribution is 0.0932. The zero-order chi connectivity index (χ0) is 14.3. The maximum absolute atomic E-state index is 12.2. The largest absolute Gasteiger partial charge is 0.349 e. The summed E-state index contributed by atoms with van der Waals surface area (Å²) in [5, 5.41) is 3.67. The Bertz CT molecular complexity index is 423. The van der Waals surface area contributed by atoms with Crippen molar-refractivity contribution in [2.75, 3.05) is 0 Å². The van der Waals surface area contributed by atoms with E-state index in [1.54, 1.807) is 18.2 Å². The van der Waals surface area contributed by atoms with E-state index in [1.807, 2.05) is 0 Å². The summed E-state index contributed by atoms with van der Waals surface area (Å²) in [7, 11) is 0. The summed E-state index contributed by atoms with van der Waals surface area (Å²) in [6.07, 6.45) is 5.44. The Morgan fingerprint density at radius 2 is 2.05 bits per heavy atom. The summed E-state index contributed by atoms with van der Waals surface area (Å²) >= 11 is 9.34. The molecule has 1 aromatic rings. The maximum Gasteiger partial charge on any atom is 0.251 e. The first kappa shape index (κ1) is 16.5. The summed E-state index contributed by atoms with van der Waals surface area (Å²) in [5.74, 6) is -0.0380. The minimum absolute atomic E-state index is 0.0380. The highest BCUT2D eigenvalue weighted by atomic mass is 79.9. The van der Waals surface area contributed by atoms with Gasteiger partial charge in [0.2, 0.25) is 0 Å². The number of nitrogens with one attached hydrogen (secondary N) is 1. The fraction of sp³-hybridized carbons (Fsp3) is 0.533. The van der Waals surface area contributed by atoms with Crippen LogP contribution in [0.3, 0.4) is 0 Å². The molecule has 0 aliphatic heterocycles. The first-order valence-electron chi connectivity index (χ1n) is 6.84. The number of carbonyl (C=O) groups is 1. The summed E-state index contributed by atoms with van der Waals surface area (Å²) in [6.45, 7) is 4.31. The summed E-state index contributed by atoms with van der Waals surface area (Å²) in [6, 6.07) is 5.55. The molecule has 4 heteroatoms. The maximum atomic E-state index is 12.2. The van der Waals surface area contributed by atoms with Crippen molar-refractivity contribution in [1.82, 2.24) is 5.32 Å². The molecule has 0 aliphatic rings. The molecule has 1 rings (SSSR count). The molecule has 0 aromatic heterocycles. The van der Waals surface area contributed by atoms with Crippen LogP contribution in [0.4, 0.5) is 0 Å². The molecular formula is C15H21BrClNO. The van der Waals surface area contributed by atoms with Gasteiger partial charge in [0, 0.05) is 16.1 Å². The van der Waals surface area contributed by atoms with Crippen molar-refractivity contribution in [1.29, 1.82) is 0 Å². The summed E-state index contributed by atoms with van der Waals surface area (Å²) < 4.78 is 0.807.